The van der Waals surface area contributed by atoms with E-state index in [-0.39, 0.29) is 0 Å². The zero-order valence-electron chi connectivity index (χ0n) is 12.5. The topological polar surface area (TPSA) is 21.3 Å². The summed E-state index contributed by atoms with van der Waals surface area (Å²) in [5.74, 6) is 2.61. The zero-order chi connectivity index (χ0) is 13.7. The molecule has 0 amide bonds. The van der Waals surface area contributed by atoms with Crippen LogP contribution >= 0.6 is 0 Å². The van der Waals surface area contributed by atoms with Crippen molar-refractivity contribution in [1.29, 1.82) is 0 Å². The molecule has 1 fully saturated rings. The molecule has 0 saturated heterocycles. The fourth-order valence-corrected chi connectivity index (χ4v) is 3.22. The summed E-state index contributed by atoms with van der Waals surface area (Å²) in [6, 6.07) is 9.10. The van der Waals surface area contributed by atoms with Crippen LogP contribution < -0.4 is 10.1 Å². The van der Waals surface area contributed by atoms with E-state index in [4.69, 9.17) is 4.74 Å². The number of ether oxygens (including phenoxy) is 1. The highest BCUT2D eigenvalue weighted by Crippen LogP contribution is 2.39. The molecule has 1 aliphatic rings. The van der Waals surface area contributed by atoms with E-state index >= 15 is 0 Å². The van der Waals surface area contributed by atoms with Gasteiger partial charge in [0.1, 0.15) is 5.75 Å². The summed E-state index contributed by atoms with van der Waals surface area (Å²) in [5.41, 5.74) is 1.41. The first kappa shape index (κ1) is 14.4. The summed E-state index contributed by atoms with van der Waals surface area (Å²) in [7, 11) is 1.72. The standard InChI is InChI=1S/C17H27NO/c1-4-11-18-17(15-6-5-13(2)12-15)14-7-9-16(19-3)10-8-14/h7-10,13,15,17-18H,4-6,11-12H2,1-3H3. The number of methoxy groups -OCH3 is 1. The molecule has 0 aromatic heterocycles. The second-order valence-electron chi connectivity index (χ2n) is 5.88. The van der Waals surface area contributed by atoms with Gasteiger partial charge in [-0.1, -0.05) is 32.4 Å². The third kappa shape index (κ3) is 3.73. The van der Waals surface area contributed by atoms with Crippen LogP contribution in [-0.4, -0.2) is 13.7 Å². The summed E-state index contributed by atoms with van der Waals surface area (Å²) in [4.78, 5) is 0. The van der Waals surface area contributed by atoms with Crippen LogP contribution in [0.2, 0.25) is 0 Å². The van der Waals surface area contributed by atoms with Gasteiger partial charge in [-0.3, -0.25) is 0 Å². The van der Waals surface area contributed by atoms with Crippen molar-refractivity contribution in [2.24, 2.45) is 11.8 Å². The minimum atomic E-state index is 0.510. The maximum Gasteiger partial charge on any atom is 0.118 e. The van der Waals surface area contributed by atoms with Crippen LogP contribution in [0.25, 0.3) is 0 Å². The van der Waals surface area contributed by atoms with E-state index < -0.39 is 0 Å². The van der Waals surface area contributed by atoms with Crippen LogP contribution in [0.5, 0.6) is 5.75 Å². The molecule has 19 heavy (non-hydrogen) atoms. The molecule has 0 aliphatic heterocycles. The lowest BCUT2D eigenvalue weighted by Crippen LogP contribution is -2.28. The van der Waals surface area contributed by atoms with Crippen LogP contribution in [0.15, 0.2) is 24.3 Å². The maximum absolute atomic E-state index is 5.25. The monoisotopic (exact) mass is 261 g/mol. The van der Waals surface area contributed by atoms with E-state index in [2.05, 4.69) is 43.4 Å². The van der Waals surface area contributed by atoms with E-state index in [1.165, 1.54) is 31.2 Å². The van der Waals surface area contributed by atoms with Gasteiger partial charge < -0.3 is 10.1 Å². The molecule has 0 radical (unpaired) electrons. The Morgan fingerprint density at radius 2 is 2.00 bits per heavy atom. The first-order valence-electron chi connectivity index (χ1n) is 7.62. The molecule has 1 aliphatic carbocycles. The number of hydrogen-bond acceptors (Lipinski definition) is 2. The first-order valence-corrected chi connectivity index (χ1v) is 7.62. The van der Waals surface area contributed by atoms with Crippen molar-refractivity contribution in [3.63, 3.8) is 0 Å². The molecule has 0 bridgehead atoms. The summed E-state index contributed by atoms with van der Waals surface area (Å²) in [6.45, 7) is 5.71. The summed E-state index contributed by atoms with van der Waals surface area (Å²) >= 11 is 0. The molecular formula is C17H27NO. The molecule has 1 N–H and O–H groups in total. The van der Waals surface area contributed by atoms with E-state index in [0.29, 0.717) is 6.04 Å². The molecule has 1 aromatic carbocycles. The average molecular weight is 261 g/mol. The van der Waals surface area contributed by atoms with Gasteiger partial charge in [0.15, 0.2) is 0 Å². The first-order chi connectivity index (χ1) is 9.24. The quantitative estimate of drug-likeness (QED) is 0.829. The lowest BCUT2D eigenvalue weighted by molar-refractivity contribution is 0.358. The van der Waals surface area contributed by atoms with Crippen molar-refractivity contribution in [3.8, 4) is 5.75 Å². The van der Waals surface area contributed by atoms with Crippen LogP contribution in [-0.2, 0) is 0 Å². The molecule has 106 valence electrons. The van der Waals surface area contributed by atoms with Gasteiger partial charge >= 0.3 is 0 Å². The van der Waals surface area contributed by atoms with Gasteiger partial charge in [-0.25, -0.2) is 0 Å². The molecule has 1 saturated carbocycles. The molecule has 2 nitrogen and oxygen atoms in total. The van der Waals surface area contributed by atoms with E-state index in [9.17, 15) is 0 Å². The van der Waals surface area contributed by atoms with Gasteiger partial charge in [-0.2, -0.15) is 0 Å². The Kier molecular flexibility index (Phi) is 5.26. The minimum Gasteiger partial charge on any atom is -0.497 e. The van der Waals surface area contributed by atoms with Gasteiger partial charge in [0.05, 0.1) is 7.11 Å². The number of rotatable bonds is 6. The Morgan fingerprint density at radius 3 is 2.53 bits per heavy atom. The molecule has 2 heteroatoms. The molecule has 0 spiro atoms. The normalized spacial score (nSPS) is 24.4. The summed E-state index contributed by atoms with van der Waals surface area (Å²) in [5, 5.41) is 3.74. The SMILES string of the molecule is CCCNC(c1ccc(OC)cc1)C1CCC(C)C1. The highest BCUT2D eigenvalue weighted by Gasteiger charge is 2.29. The summed E-state index contributed by atoms with van der Waals surface area (Å²) in [6.07, 6.45) is 5.28. The molecular weight excluding hydrogens is 234 g/mol. The molecule has 0 heterocycles. The number of benzene rings is 1. The Morgan fingerprint density at radius 1 is 1.26 bits per heavy atom. The van der Waals surface area contributed by atoms with Gasteiger partial charge in [0.25, 0.3) is 0 Å². The van der Waals surface area contributed by atoms with Crippen LogP contribution in [0, 0.1) is 11.8 Å². The van der Waals surface area contributed by atoms with Crippen molar-refractivity contribution >= 4 is 0 Å². The number of hydrogen-bond donors (Lipinski definition) is 1. The highest BCUT2D eigenvalue weighted by molar-refractivity contribution is 5.29. The molecule has 2 rings (SSSR count). The van der Waals surface area contributed by atoms with Crippen molar-refractivity contribution in [1.82, 2.24) is 5.32 Å². The Bertz CT molecular complexity index is 373. The lowest BCUT2D eigenvalue weighted by Gasteiger charge is -2.25. The van der Waals surface area contributed by atoms with Gasteiger partial charge in [0.2, 0.25) is 0 Å². The Hall–Kier alpha value is -1.02. The fraction of sp³-hybridized carbons (Fsp3) is 0.647. The van der Waals surface area contributed by atoms with Crippen molar-refractivity contribution in [2.75, 3.05) is 13.7 Å². The van der Waals surface area contributed by atoms with E-state index in [0.717, 1.165) is 24.1 Å². The maximum atomic E-state index is 5.25. The van der Waals surface area contributed by atoms with Crippen LogP contribution in [0.1, 0.15) is 51.1 Å². The van der Waals surface area contributed by atoms with Gasteiger partial charge in [0, 0.05) is 6.04 Å². The number of nitrogens with one attached hydrogen (secondary N) is 1. The predicted molar refractivity (Wildman–Crippen MR) is 80.5 cm³/mol. The second-order valence-corrected chi connectivity index (χ2v) is 5.88. The molecule has 1 aromatic rings. The summed E-state index contributed by atoms with van der Waals surface area (Å²) < 4.78 is 5.25. The van der Waals surface area contributed by atoms with E-state index in [1.807, 2.05) is 0 Å². The second kappa shape index (κ2) is 6.95. The zero-order valence-corrected chi connectivity index (χ0v) is 12.5. The van der Waals surface area contributed by atoms with Crippen LogP contribution in [0.4, 0.5) is 0 Å². The average Bonchev–Trinajstić information content (AvgIpc) is 2.86. The molecule has 3 unspecified atom stereocenters. The third-order valence-electron chi connectivity index (χ3n) is 4.30. The van der Waals surface area contributed by atoms with Crippen molar-refractivity contribution in [3.05, 3.63) is 29.8 Å². The minimum absolute atomic E-state index is 0.510. The van der Waals surface area contributed by atoms with Crippen molar-refractivity contribution < 1.29 is 4.74 Å². The van der Waals surface area contributed by atoms with E-state index in [1.54, 1.807) is 7.11 Å². The van der Waals surface area contributed by atoms with Gasteiger partial charge in [-0.05, 0) is 55.3 Å². The Balaban J connectivity index is 2.11. The van der Waals surface area contributed by atoms with Gasteiger partial charge in [-0.15, -0.1) is 0 Å². The predicted octanol–water partition coefficient (Wildman–Crippen LogP) is 4.17. The third-order valence-corrected chi connectivity index (χ3v) is 4.30. The van der Waals surface area contributed by atoms with Crippen molar-refractivity contribution in [2.45, 2.75) is 45.6 Å². The molecule has 3 atom stereocenters. The Labute approximate surface area is 117 Å². The smallest absolute Gasteiger partial charge is 0.118 e. The largest absolute Gasteiger partial charge is 0.497 e. The highest BCUT2D eigenvalue weighted by atomic mass is 16.5. The fourth-order valence-electron chi connectivity index (χ4n) is 3.22. The van der Waals surface area contributed by atoms with Crippen LogP contribution in [0.3, 0.4) is 0 Å². The lowest BCUT2D eigenvalue weighted by atomic mass is 9.90.